The molecular weight excluding hydrogens is 256 g/mol. The molecule has 3 unspecified atom stereocenters. The number of rotatable bonds is 7. The molecule has 1 aliphatic rings. The van der Waals surface area contributed by atoms with E-state index in [0.717, 1.165) is 6.42 Å². The zero-order chi connectivity index (χ0) is 14.6. The molecule has 1 fully saturated rings. The van der Waals surface area contributed by atoms with E-state index < -0.39 is 42.8 Å². The highest BCUT2D eigenvalue weighted by Gasteiger charge is 2.48. The second-order valence-corrected chi connectivity index (χ2v) is 4.69. The first kappa shape index (κ1) is 16.0. The molecule has 0 aromatic rings. The van der Waals surface area contributed by atoms with Gasteiger partial charge in [0.25, 0.3) is 5.78 Å². The summed E-state index contributed by atoms with van der Waals surface area (Å²) in [6.07, 6.45) is -3.94. The van der Waals surface area contributed by atoms with Gasteiger partial charge in [-0.25, -0.2) is 4.79 Å². The average Bonchev–Trinajstić information content (AvgIpc) is 2.70. The molecule has 3 N–H and O–H groups in total. The van der Waals surface area contributed by atoms with Crippen LogP contribution in [0.4, 0.5) is 0 Å². The van der Waals surface area contributed by atoms with E-state index in [2.05, 4.69) is 4.74 Å². The smallest absolute Gasteiger partial charge is 0.378 e. The van der Waals surface area contributed by atoms with Gasteiger partial charge in [0.1, 0.15) is 6.10 Å². The molecular formula is C12H20O7. The molecule has 1 saturated heterocycles. The predicted molar refractivity (Wildman–Crippen MR) is 63.2 cm³/mol. The van der Waals surface area contributed by atoms with Crippen LogP contribution in [0.5, 0.6) is 0 Å². The van der Waals surface area contributed by atoms with Gasteiger partial charge in [0.05, 0.1) is 19.3 Å². The van der Waals surface area contributed by atoms with Crippen LogP contribution in [0.15, 0.2) is 0 Å². The molecule has 0 bridgehead atoms. The SMILES string of the molecule is CCC(C)C(O)COC1C(=O)C(=O)O[C@@H]1[C@@H](O)CO. The molecule has 110 valence electrons. The van der Waals surface area contributed by atoms with Crippen LogP contribution in [0.25, 0.3) is 0 Å². The van der Waals surface area contributed by atoms with E-state index in [1.165, 1.54) is 0 Å². The summed E-state index contributed by atoms with van der Waals surface area (Å²) >= 11 is 0. The molecule has 5 atom stereocenters. The molecule has 7 heteroatoms. The highest BCUT2D eigenvalue weighted by molar-refractivity contribution is 6.37. The Hall–Kier alpha value is -1.02. The Balaban J connectivity index is 2.62. The first-order chi connectivity index (χ1) is 8.92. The molecule has 0 aromatic carbocycles. The summed E-state index contributed by atoms with van der Waals surface area (Å²) in [7, 11) is 0. The lowest BCUT2D eigenvalue weighted by Gasteiger charge is -2.23. The number of carbonyl (C=O) groups excluding carboxylic acids is 2. The Kier molecular flexibility index (Phi) is 5.86. The van der Waals surface area contributed by atoms with Gasteiger partial charge in [-0.05, 0) is 5.92 Å². The van der Waals surface area contributed by atoms with Crippen LogP contribution >= 0.6 is 0 Å². The van der Waals surface area contributed by atoms with E-state index in [-0.39, 0.29) is 12.5 Å². The van der Waals surface area contributed by atoms with Crippen molar-refractivity contribution in [2.45, 2.75) is 44.7 Å². The predicted octanol–water partition coefficient (Wildman–Crippen LogP) is -1.37. The standard InChI is InChI=1S/C12H20O7/c1-3-6(2)8(15)5-18-11-9(16)12(17)19-10(11)7(14)4-13/h6-8,10-11,13-15H,3-5H2,1-2H3/t6?,7-,8?,10+,11?/m0/s1. The number of ketones is 1. The summed E-state index contributed by atoms with van der Waals surface area (Å²) in [5, 5.41) is 28.0. The molecule has 0 amide bonds. The fourth-order valence-corrected chi connectivity index (χ4v) is 1.70. The maximum Gasteiger partial charge on any atom is 0.378 e. The third-order valence-corrected chi connectivity index (χ3v) is 3.31. The maximum absolute atomic E-state index is 11.5. The van der Waals surface area contributed by atoms with Gasteiger partial charge in [-0.2, -0.15) is 0 Å². The van der Waals surface area contributed by atoms with Crippen molar-refractivity contribution in [3.05, 3.63) is 0 Å². The molecule has 0 aliphatic carbocycles. The van der Waals surface area contributed by atoms with E-state index in [9.17, 15) is 19.8 Å². The van der Waals surface area contributed by atoms with Crippen molar-refractivity contribution in [3.63, 3.8) is 0 Å². The average molecular weight is 276 g/mol. The number of hydrogen-bond acceptors (Lipinski definition) is 7. The fraction of sp³-hybridized carbons (Fsp3) is 0.833. The molecule has 7 nitrogen and oxygen atoms in total. The molecule has 0 aromatic heterocycles. The van der Waals surface area contributed by atoms with Gasteiger partial charge in [-0.15, -0.1) is 0 Å². The second kappa shape index (κ2) is 6.95. The Morgan fingerprint density at radius 3 is 2.53 bits per heavy atom. The number of aliphatic hydroxyl groups excluding tert-OH is 3. The van der Waals surface area contributed by atoms with Crippen molar-refractivity contribution in [2.75, 3.05) is 13.2 Å². The van der Waals surface area contributed by atoms with E-state index in [1.54, 1.807) is 0 Å². The van der Waals surface area contributed by atoms with Crippen LogP contribution < -0.4 is 0 Å². The van der Waals surface area contributed by atoms with E-state index in [0.29, 0.717) is 0 Å². The lowest BCUT2D eigenvalue weighted by molar-refractivity contribution is -0.152. The first-order valence-corrected chi connectivity index (χ1v) is 6.25. The highest BCUT2D eigenvalue weighted by atomic mass is 16.6. The van der Waals surface area contributed by atoms with Crippen LogP contribution in [0.1, 0.15) is 20.3 Å². The van der Waals surface area contributed by atoms with Crippen molar-refractivity contribution in [1.29, 1.82) is 0 Å². The molecule has 1 aliphatic heterocycles. The maximum atomic E-state index is 11.5. The first-order valence-electron chi connectivity index (χ1n) is 6.25. The molecule has 0 radical (unpaired) electrons. The molecule has 0 saturated carbocycles. The number of ether oxygens (including phenoxy) is 2. The zero-order valence-corrected chi connectivity index (χ0v) is 11.0. The lowest BCUT2D eigenvalue weighted by atomic mass is 10.0. The third-order valence-electron chi connectivity index (χ3n) is 3.31. The number of cyclic esters (lactones) is 1. The molecule has 1 rings (SSSR count). The minimum absolute atomic E-state index is 0.0191. The van der Waals surface area contributed by atoms with Crippen LogP contribution in [-0.4, -0.2) is 64.7 Å². The van der Waals surface area contributed by atoms with Gasteiger partial charge in [0, 0.05) is 0 Å². The van der Waals surface area contributed by atoms with Crippen molar-refractivity contribution >= 4 is 11.8 Å². The van der Waals surface area contributed by atoms with Crippen molar-refractivity contribution in [2.24, 2.45) is 5.92 Å². The van der Waals surface area contributed by atoms with Gasteiger partial charge in [0.15, 0.2) is 12.2 Å². The number of carbonyl (C=O) groups is 2. The van der Waals surface area contributed by atoms with Crippen LogP contribution in [0.3, 0.4) is 0 Å². The van der Waals surface area contributed by atoms with Crippen LogP contribution in [0.2, 0.25) is 0 Å². The summed E-state index contributed by atoms with van der Waals surface area (Å²) < 4.78 is 9.84. The topological polar surface area (TPSA) is 113 Å². The normalized spacial score (nSPS) is 28.1. The van der Waals surface area contributed by atoms with Gasteiger partial charge in [-0.1, -0.05) is 20.3 Å². The van der Waals surface area contributed by atoms with Crippen molar-refractivity contribution in [3.8, 4) is 0 Å². The molecule has 0 spiro atoms. The van der Waals surface area contributed by atoms with Crippen LogP contribution in [0, 0.1) is 5.92 Å². The third kappa shape index (κ3) is 3.73. The van der Waals surface area contributed by atoms with Gasteiger partial charge < -0.3 is 24.8 Å². The number of Topliss-reactive ketones (excluding diaryl/α,β-unsaturated/α-hetero) is 1. The van der Waals surface area contributed by atoms with Crippen molar-refractivity contribution in [1.82, 2.24) is 0 Å². The van der Waals surface area contributed by atoms with E-state index in [1.807, 2.05) is 13.8 Å². The summed E-state index contributed by atoms with van der Waals surface area (Å²) in [5.41, 5.74) is 0. The van der Waals surface area contributed by atoms with E-state index in [4.69, 9.17) is 9.84 Å². The fourth-order valence-electron chi connectivity index (χ4n) is 1.70. The molecule has 1 heterocycles. The van der Waals surface area contributed by atoms with Crippen LogP contribution in [-0.2, 0) is 19.1 Å². The minimum Gasteiger partial charge on any atom is -0.450 e. The summed E-state index contributed by atoms with van der Waals surface area (Å²) in [6, 6.07) is 0. The van der Waals surface area contributed by atoms with Gasteiger partial charge in [0.2, 0.25) is 0 Å². The highest BCUT2D eigenvalue weighted by Crippen LogP contribution is 2.20. The van der Waals surface area contributed by atoms with Gasteiger partial charge >= 0.3 is 5.97 Å². The second-order valence-electron chi connectivity index (χ2n) is 4.69. The Morgan fingerprint density at radius 1 is 1.37 bits per heavy atom. The number of esters is 1. The molecule has 19 heavy (non-hydrogen) atoms. The number of aliphatic hydroxyl groups is 3. The van der Waals surface area contributed by atoms with Crippen molar-refractivity contribution < 1.29 is 34.4 Å². The quantitative estimate of drug-likeness (QED) is 0.388. The number of hydrogen-bond donors (Lipinski definition) is 3. The summed E-state index contributed by atoms with van der Waals surface area (Å²) in [4.78, 5) is 22.7. The Morgan fingerprint density at radius 2 is 2.00 bits per heavy atom. The summed E-state index contributed by atoms with van der Waals surface area (Å²) in [6.45, 7) is 2.93. The Bertz CT molecular complexity index is 330. The minimum atomic E-state index is -1.39. The van der Waals surface area contributed by atoms with E-state index >= 15 is 0 Å². The lowest BCUT2D eigenvalue weighted by Crippen LogP contribution is -2.42. The summed E-state index contributed by atoms with van der Waals surface area (Å²) in [5.74, 6) is -2.02. The zero-order valence-electron chi connectivity index (χ0n) is 11.0. The Labute approximate surface area is 111 Å². The monoisotopic (exact) mass is 276 g/mol. The largest absolute Gasteiger partial charge is 0.450 e. The van der Waals surface area contributed by atoms with Gasteiger partial charge in [-0.3, -0.25) is 4.79 Å².